The van der Waals surface area contributed by atoms with Crippen molar-refractivity contribution in [3.05, 3.63) is 101 Å². The normalized spacial score (nSPS) is 14.4. The molecule has 5 nitrogen and oxygen atoms in total. The molecule has 6 heteroatoms. The molecule has 0 saturated heterocycles. The molecule has 2 amide bonds. The second-order valence-electron chi connectivity index (χ2n) is 10.5. The van der Waals surface area contributed by atoms with Gasteiger partial charge in [-0.1, -0.05) is 91.0 Å². The number of hydrogen-bond donors (Lipinski definition) is 1. The molecule has 0 spiro atoms. The predicted octanol–water partition coefficient (Wildman–Crippen LogP) is 6.90. The maximum atomic E-state index is 13.8. The molecule has 1 unspecified atom stereocenters. The summed E-state index contributed by atoms with van der Waals surface area (Å²) in [7, 11) is 0. The molecule has 0 heterocycles. The van der Waals surface area contributed by atoms with Gasteiger partial charge >= 0.3 is 0 Å². The number of amides is 2. The van der Waals surface area contributed by atoms with Crippen molar-refractivity contribution < 1.29 is 14.3 Å². The van der Waals surface area contributed by atoms with Gasteiger partial charge in [-0.3, -0.25) is 9.59 Å². The zero-order valence-corrected chi connectivity index (χ0v) is 23.5. The quantitative estimate of drug-likeness (QED) is 0.251. The molecule has 39 heavy (non-hydrogen) atoms. The summed E-state index contributed by atoms with van der Waals surface area (Å²) in [5, 5.41) is 3.92. The number of hydrogen-bond acceptors (Lipinski definition) is 3. The summed E-state index contributed by atoms with van der Waals surface area (Å²) in [5.74, 6) is 0.654. The van der Waals surface area contributed by atoms with Crippen LogP contribution in [0.2, 0.25) is 5.02 Å². The van der Waals surface area contributed by atoms with Crippen LogP contribution in [0.25, 0.3) is 0 Å². The van der Waals surface area contributed by atoms with Crippen molar-refractivity contribution in [3.8, 4) is 5.75 Å². The molecule has 4 rings (SSSR count). The Kier molecular flexibility index (Phi) is 10.8. The number of nitrogens with zero attached hydrogens (tertiary/aromatic N) is 1. The summed E-state index contributed by atoms with van der Waals surface area (Å²) in [4.78, 5) is 29.3. The van der Waals surface area contributed by atoms with E-state index in [1.807, 2.05) is 85.8 Å². The Morgan fingerprint density at radius 1 is 0.923 bits per heavy atom. The second-order valence-corrected chi connectivity index (χ2v) is 10.9. The first-order valence-corrected chi connectivity index (χ1v) is 14.4. The van der Waals surface area contributed by atoms with Crippen LogP contribution in [0, 0.1) is 6.92 Å². The summed E-state index contributed by atoms with van der Waals surface area (Å²) >= 11 is 6.12. The van der Waals surface area contributed by atoms with Crippen LogP contribution in [0.15, 0.2) is 78.9 Å². The van der Waals surface area contributed by atoms with E-state index < -0.39 is 6.04 Å². The highest BCUT2D eigenvalue weighted by atomic mass is 35.5. The van der Waals surface area contributed by atoms with E-state index in [0.717, 1.165) is 42.6 Å². The maximum absolute atomic E-state index is 13.8. The van der Waals surface area contributed by atoms with Gasteiger partial charge in [-0.05, 0) is 61.6 Å². The summed E-state index contributed by atoms with van der Waals surface area (Å²) in [6, 6.07) is 24.9. The molecule has 1 N–H and O–H groups in total. The van der Waals surface area contributed by atoms with Crippen molar-refractivity contribution >= 4 is 23.4 Å². The van der Waals surface area contributed by atoms with E-state index >= 15 is 0 Å². The Labute approximate surface area is 237 Å². The molecule has 1 aliphatic rings. The fourth-order valence-electron chi connectivity index (χ4n) is 5.08. The maximum Gasteiger partial charge on any atom is 0.243 e. The summed E-state index contributed by atoms with van der Waals surface area (Å²) in [6.45, 7) is 2.81. The number of ether oxygens (including phenoxy) is 1. The van der Waals surface area contributed by atoms with Crippen molar-refractivity contribution in [2.45, 2.75) is 76.9 Å². The minimum atomic E-state index is -0.615. The van der Waals surface area contributed by atoms with Gasteiger partial charge in [0.2, 0.25) is 11.8 Å². The van der Waals surface area contributed by atoms with Gasteiger partial charge in [0, 0.05) is 30.5 Å². The predicted molar refractivity (Wildman–Crippen MR) is 157 cm³/mol. The van der Waals surface area contributed by atoms with Gasteiger partial charge in [0.25, 0.3) is 0 Å². The Hall–Kier alpha value is -3.31. The Morgan fingerprint density at radius 2 is 1.62 bits per heavy atom. The van der Waals surface area contributed by atoms with Gasteiger partial charge in [-0.25, -0.2) is 0 Å². The van der Waals surface area contributed by atoms with E-state index in [1.54, 1.807) is 4.90 Å². The molecule has 0 aromatic heterocycles. The van der Waals surface area contributed by atoms with Gasteiger partial charge in [-0.15, -0.1) is 0 Å². The molecule has 1 aliphatic carbocycles. The SMILES string of the molecule is Cc1ccc(OCCCC(=O)N(Cc2ccc(Cl)cc2)C(Cc2ccccc2)C(=O)NC2CCCCC2)cc1. The molecule has 0 aliphatic heterocycles. The van der Waals surface area contributed by atoms with Crippen molar-refractivity contribution in [1.29, 1.82) is 0 Å². The lowest BCUT2D eigenvalue weighted by atomic mass is 9.94. The van der Waals surface area contributed by atoms with E-state index in [1.165, 1.54) is 12.0 Å². The molecular weight excluding hydrogens is 508 g/mol. The number of carbonyl (C=O) groups is 2. The van der Waals surface area contributed by atoms with E-state index in [4.69, 9.17) is 16.3 Å². The fourth-order valence-corrected chi connectivity index (χ4v) is 5.20. The largest absolute Gasteiger partial charge is 0.494 e. The first kappa shape index (κ1) is 28.7. The molecule has 206 valence electrons. The topological polar surface area (TPSA) is 58.6 Å². The van der Waals surface area contributed by atoms with Crippen LogP contribution < -0.4 is 10.1 Å². The van der Waals surface area contributed by atoms with E-state index in [-0.39, 0.29) is 17.9 Å². The zero-order valence-electron chi connectivity index (χ0n) is 22.8. The number of rotatable bonds is 12. The Bertz CT molecular complexity index is 1180. The fraction of sp³-hybridized carbons (Fsp3) is 0.394. The first-order valence-electron chi connectivity index (χ1n) is 14.1. The Balaban J connectivity index is 1.51. The lowest BCUT2D eigenvalue weighted by Crippen LogP contribution is -2.52. The minimum Gasteiger partial charge on any atom is -0.494 e. The van der Waals surface area contributed by atoms with Crippen LogP contribution in [0.5, 0.6) is 5.75 Å². The third kappa shape index (κ3) is 9.14. The highest BCUT2D eigenvalue weighted by Crippen LogP contribution is 2.21. The third-order valence-corrected chi connectivity index (χ3v) is 7.57. The van der Waals surface area contributed by atoms with Crippen molar-refractivity contribution in [1.82, 2.24) is 10.2 Å². The molecule has 1 fully saturated rings. The highest BCUT2D eigenvalue weighted by Gasteiger charge is 2.31. The van der Waals surface area contributed by atoms with Crippen LogP contribution in [-0.2, 0) is 22.6 Å². The molecule has 1 saturated carbocycles. The van der Waals surface area contributed by atoms with Crippen LogP contribution in [0.4, 0.5) is 0 Å². The second kappa shape index (κ2) is 14.7. The molecule has 3 aromatic carbocycles. The van der Waals surface area contributed by atoms with Crippen LogP contribution in [-0.4, -0.2) is 35.4 Å². The number of carbonyl (C=O) groups excluding carboxylic acids is 2. The number of halogens is 1. The monoisotopic (exact) mass is 546 g/mol. The molecule has 1 atom stereocenters. The summed E-state index contributed by atoms with van der Waals surface area (Å²) in [5.41, 5.74) is 3.14. The third-order valence-electron chi connectivity index (χ3n) is 7.31. The average molecular weight is 547 g/mol. The van der Waals surface area contributed by atoms with E-state index in [2.05, 4.69) is 5.32 Å². The van der Waals surface area contributed by atoms with Crippen molar-refractivity contribution in [2.75, 3.05) is 6.61 Å². The average Bonchev–Trinajstić information content (AvgIpc) is 2.96. The minimum absolute atomic E-state index is 0.0582. The Morgan fingerprint density at radius 3 is 2.31 bits per heavy atom. The number of benzene rings is 3. The smallest absolute Gasteiger partial charge is 0.243 e. The van der Waals surface area contributed by atoms with Gasteiger partial charge in [0.05, 0.1) is 6.61 Å². The van der Waals surface area contributed by atoms with Gasteiger partial charge in [-0.2, -0.15) is 0 Å². The molecule has 0 radical (unpaired) electrons. The van der Waals surface area contributed by atoms with Gasteiger partial charge in [0.1, 0.15) is 11.8 Å². The summed E-state index contributed by atoms with van der Waals surface area (Å²) < 4.78 is 5.86. The molecule has 3 aromatic rings. The van der Waals surface area contributed by atoms with Crippen LogP contribution in [0.1, 0.15) is 61.6 Å². The van der Waals surface area contributed by atoms with Gasteiger partial charge in [0.15, 0.2) is 0 Å². The number of nitrogens with one attached hydrogen (secondary N) is 1. The molecular formula is C33H39ClN2O3. The van der Waals surface area contributed by atoms with E-state index in [9.17, 15) is 9.59 Å². The highest BCUT2D eigenvalue weighted by molar-refractivity contribution is 6.30. The zero-order chi connectivity index (χ0) is 27.5. The van der Waals surface area contributed by atoms with Gasteiger partial charge < -0.3 is 15.0 Å². The van der Waals surface area contributed by atoms with Crippen LogP contribution >= 0.6 is 11.6 Å². The lowest BCUT2D eigenvalue weighted by Gasteiger charge is -2.33. The standard InChI is InChI=1S/C33H39ClN2O3/c1-25-14-20-30(21-15-25)39-22-8-13-32(37)36(24-27-16-18-28(34)19-17-27)31(23-26-9-4-2-5-10-26)33(38)35-29-11-6-3-7-12-29/h2,4-5,9-10,14-21,29,31H,3,6-8,11-13,22-24H2,1H3,(H,35,38). The van der Waals surface area contributed by atoms with Crippen LogP contribution in [0.3, 0.4) is 0 Å². The first-order chi connectivity index (χ1) is 19.0. The van der Waals surface area contributed by atoms with Crippen molar-refractivity contribution in [3.63, 3.8) is 0 Å². The number of aryl methyl sites for hydroxylation is 1. The lowest BCUT2D eigenvalue weighted by molar-refractivity contribution is -0.141. The molecule has 0 bridgehead atoms. The van der Waals surface area contributed by atoms with Crippen molar-refractivity contribution in [2.24, 2.45) is 0 Å². The summed E-state index contributed by atoms with van der Waals surface area (Å²) in [6.07, 6.45) is 6.76. The van der Waals surface area contributed by atoms with E-state index in [0.29, 0.717) is 37.4 Å².